The van der Waals surface area contributed by atoms with Gasteiger partial charge in [0.25, 0.3) is 5.91 Å². The summed E-state index contributed by atoms with van der Waals surface area (Å²) in [4.78, 5) is 11.8. The van der Waals surface area contributed by atoms with Gasteiger partial charge in [0.05, 0.1) is 5.56 Å². The van der Waals surface area contributed by atoms with Gasteiger partial charge < -0.3 is 10.4 Å². The smallest absolute Gasteiger partial charge is 0.255 e. The zero-order valence-corrected chi connectivity index (χ0v) is 9.79. The van der Waals surface area contributed by atoms with Gasteiger partial charge in [-0.2, -0.15) is 0 Å². The van der Waals surface area contributed by atoms with Gasteiger partial charge in [-0.15, -0.1) is 0 Å². The Morgan fingerprint density at radius 2 is 2.24 bits per heavy atom. The highest BCUT2D eigenvalue weighted by atomic mass is 19.1. The second-order valence-corrected chi connectivity index (χ2v) is 4.70. The molecule has 1 aromatic rings. The van der Waals surface area contributed by atoms with Crippen molar-refractivity contribution in [1.29, 1.82) is 0 Å². The largest absolute Gasteiger partial charge is 0.507 e. The lowest BCUT2D eigenvalue weighted by molar-refractivity contribution is 0.0941. The van der Waals surface area contributed by atoms with Gasteiger partial charge in [0.15, 0.2) is 0 Å². The van der Waals surface area contributed by atoms with E-state index in [2.05, 4.69) is 12.2 Å². The van der Waals surface area contributed by atoms with Gasteiger partial charge in [0, 0.05) is 12.6 Å². The number of aromatic hydroxyl groups is 1. The Kier molecular flexibility index (Phi) is 3.05. The van der Waals surface area contributed by atoms with E-state index in [-0.39, 0.29) is 22.6 Å². The minimum Gasteiger partial charge on any atom is -0.507 e. The highest BCUT2D eigenvalue weighted by Gasteiger charge is 2.40. The Morgan fingerprint density at radius 1 is 1.53 bits per heavy atom. The van der Waals surface area contributed by atoms with Crippen LogP contribution >= 0.6 is 0 Å². The van der Waals surface area contributed by atoms with Crippen molar-refractivity contribution in [2.75, 3.05) is 6.54 Å². The van der Waals surface area contributed by atoms with Crippen LogP contribution in [0.5, 0.6) is 5.75 Å². The minimum absolute atomic E-state index is 0.123. The molecular formula is C13H16FNO2. The lowest BCUT2D eigenvalue weighted by Crippen LogP contribution is -2.30. The number of phenolic OH excluding ortho intramolecular Hbond substituents is 1. The van der Waals surface area contributed by atoms with Crippen LogP contribution in [0.3, 0.4) is 0 Å². The molecule has 0 atom stereocenters. The van der Waals surface area contributed by atoms with Gasteiger partial charge in [-0.25, -0.2) is 4.39 Å². The maximum atomic E-state index is 12.8. The van der Waals surface area contributed by atoms with Crippen molar-refractivity contribution >= 4 is 5.91 Å². The van der Waals surface area contributed by atoms with Gasteiger partial charge in [-0.05, 0) is 36.8 Å². The van der Waals surface area contributed by atoms with E-state index in [1.165, 1.54) is 12.1 Å². The van der Waals surface area contributed by atoms with Gasteiger partial charge in [0.1, 0.15) is 11.6 Å². The summed E-state index contributed by atoms with van der Waals surface area (Å²) < 4.78 is 12.8. The summed E-state index contributed by atoms with van der Waals surface area (Å²) in [6.45, 7) is 2.73. The molecule has 0 unspecified atom stereocenters. The van der Waals surface area contributed by atoms with Crippen LogP contribution in [-0.4, -0.2) is 17.6 Å². The van der Waals surface area contributed by atoms with Crippen LogP contribution in [-0.2, 0) is 0 Å². The molecule has 1 saturated carbocycles. The molecule has 0 radical (unpaired) electrons. The monoisotopic (exact) mass is 237 g/mol. The third-order valence-electron chi connectivity index (χ3n) is 3.54. The Balaban J connectivity index is 2.00. The molecular weight excluding hydrogens is 221 g/mol. The first-order chi connectivity index (χ1) is 8.06. The van der Waals surface area contributed by atoms with Crippen molar-refractivity contribution in [1.82, 2.24) is 5.32 Å². The second kappa shape index (κ2) is 4.35. The van der Waals surface area contributed by atoms with Crippen molar-refractivity contribution in [2.45, 2.75) is 26.2 Å². The number of halogens is 1. The Hall–Kier alpha value is -1.58. The number of carbonyl (C=O) groups is 1. The van der Waals surface area contributed by atoms with Crippen LogP contribution in [0.4, 0.5) is 4.39 Å². The summed E-state index contributed by atoms with van der Waals surface area (Å²) in [5.41, 5.74) is 0.379. The van der Waals surface area contributed by atoms with E-state index in [1.807, 2.05) is 0 Å². The molecule has 1 amide bonds. The maximum Gasteiger partial charge on any atom is 0.255 e. The number of phenols is 1. The van der Waals surface area contributed by atoms with Crippen molar-refractivity contribution in [3.63, 3.8) is 0 Å². The first-order valence-electron chi connectivity index (χ1n) is 5.83. The SMILES string of the molecule is CCC1(CNC(=O)c2ccc(F)cc2O)CC1. The number of nitrogens with one attached hydrogen (secondary N) is 1. The molecule has 1 aliphatic rings. The Bertz CT molecular complexity index is 441. The third-order valence-corrected chi connectivity index (χ3v) is 3.54. The predicted molar refractivity (Wildman–Crippen MR) is 62.4 cm³/mol. The first-order valence-corrected chi connectivity index (χ1v) is 5.83. The topological polar surface area (TPSA) is 49.3 Å². The minimum atomic E-state index is -0.550. The zero-order valence-electron chi connectivity index (χ0n) is 9.79. The van der Waals surface area contributed by atoms with Crippen molar-refractivity contribution in [3.05, 3.63) is 29.6 Å². The fourth-order valence-electron chi connectivity index (χ4n) is 1.89. The van der Waals surface area contributed by atoms with Gasteiger partial charge in [-0.3, -0.25) is 4.79 Å². The van der Waals surface area contributed by atoms with Gasteiger partial charge in [-0.1, -0.05) is 6.92 Å². The van der Waals surface area contributed by atoms with Crippen LogP contribution < -0.4 is 5.32 Å². The average molecular weight is 237 g/mol. The maximum absolute atomic E-state index is 12.8. The van der Waals surface area contributed by atoms with E-state index in [4.69, 9.17) is 0 Å². The molecule has 1 aromatic carbocycles. The molecule has 0 bridgehead atoms. The van der Waals surface area contributed by atoms with Crippen LogP contribution in [0.25, 0.3) is 0 Å². The normalized spacial score (nSPS) is 16.6. The predicted octanol–water partition coefficient (Wildman–Crippen LogP) is 2.45. The number of hydrogen-bond donors (Lipinski definition) is 2. The van der Waals surface area contributed by atoms with Crippen molar-refractivity contribution in [3.8, 4) is 5.75 Å². The molecule has 3 nitrogen and oxygen atoms in total. The fourth-order valence-corrected chi connectivity index (χ4v) is 1.89. The van der Waals surface area contributed by atoms with Crippen LogP contribution in [0.1, 0.15) is 36.5 Å². The number of hydrogen-bond acceptors (Lipinski definition) is 2. The summed E-state index contributed by atoms with van der Waals surface area (Å²) in [5, 5.41) is 12.3. The van der Waals surface area contributed by atoms with E-state index in [9.17, 15) is 14.3 Å². The van der Waals surface area contributed by atoms with E-state index >= 15 is 0 Å². The molecule has 92 valence electrons. The molecule has 0 heterocycles. The number of rotatable bonds is 4. The molecule has 2 rings (SSSR count). The van der Waals surface area contributed by atoms with Gasteiger partial charge in [0.2, 0.25) is 0 Å². The average Bonchev–Trinajstić information content (AvgIpc) is 3.07. The molecule has 1 aliphatic carbocycles. The molecule has 0 saturated heterocycles. The third kappa shape index (κ3) is 2.57. The summed E-state index contributed by atoms with van der Waals surface area (Å²) in [7, 11) is 0. The molecule has 4 heteroatoms. The summed E-state index contributed by atoms with van der Waals surface area (Å²) in [6.07, 6.45) is 3.32. The number of carbonyl (C=O) groups excluding carboxylic acids is 1. The second-order valence-electron chi connectivity index (χ2n) is 4.70. The fraction of sp³-hybridized carbons (Fsp3) is 0.462. The molecule has 0 aromatic heterocycles. The highest BCUT2D eigenvalue weighted by Crippen LogP contribution is 2.47. The summed E-state index contributed by atoms with van der Waals surface area (Å²) in [5.74, 6) is -1.21. The van der Waals surface area contributed by atoms with E-state index < -0.39 is 5.82 Å². The molecule has 0 spiro atoms. The number of amides is 1. The van der Waals surface area contributed by atoms with Crippen molar-refractivity contribution < 1.29 is 14.3 Å². The molecule has 0 aliphatic heterocycles. The van der Waals surface area contributed by atoms with E-state index in [1.54, 1.807) is 0 Å². The van der Waals surface area contributed by atoms with E-state index in [0.29, 0.717) is 6.54 Å². The van der Waals surface area contributed by atoms with E-state index in [0.717, 1.165) is 25.3 Å². The zero-order chi connectivity index (χ0) is 12.5. The van der Waals surface area contributed by atoms with Crippen LogP contribution in [0.2, 0.25) is 0 Å². The molecule has 2 N–H and O–H groups in total. The summed E-state index contributed by atoms with van der Waals surface area (Å²) in [6, 6.07) is 3.41. The Labute approximate surface area is 99.7 Å². The molecule has 17 heavy (non-hydrogen) atoms. The molecule has 1 fully saturated rings. The Morgan fingerprint density at radius 3 is 2.76 bits per heavy atom. The quantitative estimate of drug-likeness (QED) is 0.845. The van der Waals surface area contributed by atoms with Gasteiger partial charge >= 0.3 is 0 Å². The van der Waals surface area contributed by atoms with Crippen LogP contribution in [0.15, 0.2) is 18.2 Å². The number of benzene rings is 1. The highest BCUT2D eigenvalue weighted by molar-refractivity contribution is 5.96. The first kappa shape index (κ1) is 11.9. The van der Waals surface area contributed by atoms with Crippen LogP contribution in [0, 0.1) is 11.2 Å². The summed E-state index contributed by atoms with van der Waals surface area (Å²) >= 11 is 0. The lowest BCUT2D eigenvalue weighted by atomic mass is 10.0. The standard InChI is InChI=1S/C13H16FNO2/c1-2-13(5-6-13)8-15-12(17)10-4-3-9(14)7-11(10)16/h3-4,7,16H,2,5-6,8H2,1H3,(H,15,17). The van der Waals surface area contributed by atoms with Crippen molar-refractivity contribution in [2.24, 2.45) is 5.41 Å². The lowest BCUT2D eigenvalue weighted by Gasteiger charge is -2.13.